The van der Waals surface area contributed by atoms with Crippen LogP contribution >= 0.6 is 12.4 Å². The smallest absolute Gasteiger partial charge is 0.246 e. The second-order valence-electron chi connectivity index (χ2n) is 5.31. The molecule has 24 heavy (non-hydrogen) atoms. The maximum atomic E-state index is 14.0. The van der Waals surface area contributed by atoms with Crippen LogP contribution in [0.1, 0.15) is 11.9 Å². The molecule has 0 bridgehead atoms. The van der Waals surface area contributed by atoms with Crippen LogP contribution in [-0.4, -0.2) is 41.9 Å². The molecule has 0 spiro atoms. The van der Waals surface area contributed by atoms with Crippen LogP contribution in [-0.2, 0) is 17.1 Å². The molecule has 132 valence electrons. The molecule has 1 aromatic heterocycles. The fourth-order valence-corrected chi connectivity index (χ4v) is 4.36. The summed E-state index contributed by atoms with van der Waals surface area (Å²) < 4.78 is 55.9. The largest absolute Gasteiger partial charge is 0.337 e. The lowest BCUT2D eigenvalue weighted by Gasteiger charge is -2.34. The van der Waals surface area contributed by atoms with E-state index in [-0.39, 0.29) is 19.0 Å². The summed E-state index contributed by atoms with van der Waals surface area (Å²) >= 11 is 0. The van der Waals surface area contributed by atoms with Crippen molar-refractivity contribution in [2.45, 2.75) is 10.9 Å². The highest BCUT2D eigenvalue weighted by molar-refractivity contribution is 7.89. The van der Waals surface area contributed by atoms with Gasteiger partial charge in [-0.1, -0.05) is 0 Å². The fraction of sp³-hybridized carbons (Fsp3) is 0.357. The number of nitrogens with one attached hydrogen (secondary N) is 1. The van der Waals surface area contributed by atoms with Gasteiger partial charge in [-0.2, -0.15) is 4.31 Å². The van der Waals surface area contributed by atoms with Gasteiger partial charge in [-0.05, 0) is 18.2 Å². The number of sulfonamides is 1. The van der Waals surface area contributed by atoms with Gasteiger partial charge in [0.25, 0.3) is 0 Å². The van der Waals surface area contributed by atoms with Crippen molar-refractivity contribution in [2.75, 3.05) is 19.6 Å². The van der Waals surface area contributed by atoms with E-state index in [2.05, 4.69) is 10.3 Å². The summed E-state index contributed by atoms with van der Waals surface area (Å²) in [6.45, 7) is 0.925. The molecule has 1 fully saturated rings. The van der Waals surface area contributed by atoms with Gasteiger partial charge in [-0.25, -0.2) is 22.2 Å². The lowest BCUT2D eigenvalue weighted by atomic mass is 10.2. The van der Waals surface area contributed by atoms with Gasteiger partial charge < -0.3 is 9.88 Å². The standard InChI is InChI=1S/C14H16F2N4O2S.ClH/c1-19-6-5-18-14(19)12-9-17-4-7-20(12)23(21,22)13-8-10(15)2-3-11(13)16;/h2-3,5-6,8,12,17H,4,7,9H2,1H3;1H. The molecule has 0 aliphatic carbocycles. The van der Waals surface area contributed by atoms with Crippen molar-refractivity contribution in [3.05, 3.63) is 48.1 Å². The molecular formula is C14H17ClF2N4O2S. The third-order valence-electron chi connectivity index (χ3n) is 3.83. The zero-order valence-electron chi connectivity index (χ0n) is 12.8. The van der Waals surface area contributed by atoms with E-state index in [1.165, 1.54) is 4.31 Å². The molecule has 1 unspecified atom stereocenters. The third kappa shape index (κ3) is 3.30. The minimum Gasteiger partial charge on any atom is -0.337 e. The molecule has 6 nitrogen and oxygen atoms in total. The van der Waals surface area contributed by atoms with E-state index in [1.54, 1.807) is 24.0 Å². The van der Waals surface area contributed by atoms with E-state index >= 15 is 0 Å². The van der Waals surface area contributed by atoms with Crippen LogP contribution < -0.4 is 5.32 Å². The van der Waals surface area contributed by atoms with E-state index in [0.29, 0.717) is 25.0 Å². The van der Waals surface area contributed by atoms with Crippen molar-refractivity contribution in [2.24, 2.45) is 7.05 Å². The highest BCUT2D eigenvalue weighted by Crippen LogP contribution is 2.29. The Hall–Kier alpha value is -1.55. The van der Waals surface area contributed by atoms with Gasteiger partial charge in [0.1, 0.15) is 22.4 Å². The van der Waals surface area contributed by atoms with Gasteiger partial charge in [-0.15, -0.1) is 12.4 Å². The highest BCUT2D eigenvalue weighted by atomic mass is 35.5. The van der Waals surface area contributed by atoms with Crippen molar-refractivity contribution in [3.8, 4) is 0 Å². The van der Waals surface area contributed by atoms with Crippen LogP contribution in [0.5, 0.6) is 0 Å². The maximum Gasteiger partial charge on any atom is 0.246 e. The van der Waals surface area contributed by atoms with Crippen LogP contribution in [0.15, 0.2) is 35.5 Å². The first-order chi connectivity index (χ1) is 10.9. The van der Waals surface area contributed by atoms with Gasteiger partial charge in [0, 0.05) is 39.1 Å². The lowest BCUT2D eigenvalue weighted by molar-refractivity contribution is 0.257. The summed E-state index contributed by atoms with van der Waals surface area (Å²) in [4.78, 5) is 3.53. The number of nitrogens with zero attached hydrogens (tertiary/aromatic N) is 3. The molecule has 0 saturated carbocycles. The Morgan fingerprint density at radius 2 is 2.08 bits per heavy atom. The van der Waals surface area contributed by atoms with E-state index in [4.69, 9.17) is 0 Å². The van der Waals surface area contributed by atoms with E-state index in [9.17, 15) is 17.2 Å². The lowest BCUT2D eigenvalue weighted by Crippen LogP contribution is -2.49. The SMILES string of the molecule is Cl.Cn1ccnc1C1CNCCN1S(=O)(=O)c1cc(F)ccc1F. The average molecular weight is 379 g/mol. The Morgan fingerprint density at radius 3 is 2.75 bits per heavy atom. The number of hydrogen-bond acceptors (Lipinski definition) is 4. The molecule has 1 saturated heterocycles. The number of hydrogen-bond donors (Lipinski definition) is 1. The fourth-order valence-electron chi connectivity index (χ4n) is 2.69. The Morgan fingerprint density at radius 1 is 1.33 bits per heavy atom. The first kappa shape index (κ1) is 18.8. The molecule has 0 amide bonds. The summed E-state index contributed by atoms with van der Waals surface area (Å²) in [6, 6.07) is 1.83. The zero-order valence-corrected chi connectivity index (χ0v) is 14.4. The van der Waals surface area contributed by atoms with Crippen molar-refractivity contribution in [3.63, 3.8) is 0 Å². The second-order valence-corrected chi connectivity index (χ2v) is 7.17. The van der Waals surface area contributed by atoms with Crippen LogP contribution in [0.4, 0.5) is 8.78 Å². The number of aromatic nitrogens is 2. The number of benzene rings is 1. The van der Waals surface area contributed by atoms with Crippen molar-refractivity contribution in [1.82, 2.24) is 19.2 Å². The topological polar surface area (TPSA) is 67.2 Å². The number of imidazole rings is 1. The van der Waals surface area contributed by atoms with Gasteiger partial charge in [-0.3, -0.25) is 0 Å². The van der Waals surface area contributed by atoms with Crippen molar-refractivity contribution >= 4 is 22.4 Å². The first-order valence-corrected chi connectivity index (χ1v) is 8.50. The van der Waals surface area contributed by atoms with Gasteiger partial charge in [0.2, 0.25) is 10.0 Å². The van der Waals surface area contributed by atoms with Crippen LogP contribution in [0, 0.1) is 11.6 Å². The number of aryl methyl sites for hydroxylation is 1. The Bertz CT molecular complexity index is 828. The van der Waals surface area contributed by atoms with Crippen molar-refractivity contribution in [1.29, 1.82) is 0 Å². The summed E-state index contributed by atoms with van der Waals surface area (Å²) in [5.74, 6) is -1.23. The van der Waals surface area contributed by atoms with Crippen LogP contribution in [0.3, 0.4) is 0 Å². The normalized spacial score (nSPS) is 19.0. The minimum atomic E-state index is -4.18. The maximum absolute atomic E-state index is 14.0. The molecule has 2 heterocycles. The number of rotatable bonds is 3. The molecule has 2 aromatic rings. The Kier molecular flexibility index (Phi) is 5.59. The van der Waals surface area contributed by atoms with Gasteiger partial charge in [0.15, 0.2) is 0 Å². The summed E-state index contributed by atoms with van der Waals surface area (Å²) in [7, 11) is -2.43. The molecule has 1 N–H and O–H groups in total. The minimum absolute atomic E-state index is 0. The summed E-state index contributed by atoms with van der Waals surface area (Å²) in [5.41, 5.74) is 0. The summed E-state index contributed by atoms with van der Waals surface area (Å²) in [5, 5.41) is 3.10. The van der Waals surface area contributed by atoms with Crippen LogP contribution in [0.25, 0.3) is 0 Å². The summed E-state index contributed by atoms with van der Waals surface area (Å²) in [6.07, 6.45) is 3.27. The second kappa shape index (κ2) is 7.14. The number of piperazine rings is 1. The van der Waals surface area contributed by atoms with E-state index in [0.717, 1.165) is 12.1 Å². The molecule has 0 radical (unpaired) electrons. The molecule has 1 aromatic carbocycles. The Labute approximate surface area is 145 Å². The van der Waals surface area contributed by atoms with E-state index < -0.39 is 32.6 Å². The van der Waals surface area contributed by atoms with Crippen molar-refractivity contribution < 1.29 is 17.2 Å². The zero-order chi connectivity index (χ0) is 16.6. The third-order valence-corrected chi connectivity index (χ3v) is 5.75. The van der Waals surface area contributed by atoms with E-state index in [1.807, 2.05) is 0 Å². The van der Waals surface area contributed by atoms with Crippen LogP contribution in [0.2, 0.25) is 0 Å². The Balaban J connectivity index is 0.00000208. The predicted octanol–water partition coefficient (Wildman–Crippen LogP) is 1.46. The highest BCUT2D eigenvalue weighted by Gasteiger charge is 2.37. The predicted molar refractivity (Wildman–Crippen MR) is 86.3 cm³/mol. The quantitative estimate of drug-likeness (QED) is 0.878. The monoisotopic (exact) mass is 378 g/mol. The molecule has 1 aliphatic heterocycles. The van der Waals surface area contributed by atoms with Gasteiger partial charge in [0.05, 0.1) is 6.04 Å². The molecule has 10 heteroatoms. The first-order valence-electron chi connectivity index (χ1n) is 7.06. The number of halogens is 3. The average Bonchev–Trinajstić information content (AvgIpc) is 2.95. The molecule has 1 atom stereocenters. The molecule has 1 aliphatic rings. The molecular weight excluding hydrogens is 362 g/mol. The molecule has 3 rings (SSSR count). The van der Waals surface area contributed by atoms with Gasteiger partial charge >= 0.3 is 0 Å².